The molecule has 1 aromatic rings. The number of carboxylic acids is 1. The van der Waals surface area contributed by atoms with Crippen LogP contribution >= 0.6 is 27.5 Å². The molecule has 1 N–H and O–H groups in total. The van der Waals surface area contributed by atoms with Gasteiger partial charge in [0.05, 0.1) is 15.5 Å². The molecule has 21 heavy (non-hydrogen) atoms. The van der Waals surface area contributed by atoms with Gasteiger partial charge in [-0.05, 0) is 34.8 Å². The monoisotopic (exact) mass is 379 g/mol. The van der Waals surface area contributed by atoms with Crippen LogP contribution in [0.4, 0.5) is 5.69 Å². The number of nitro benzene ring substituents is 1. The van der Waals surface area contributed by atoms with E-state index in [0.29, 0.717) is 17.3 Å². The van der Waals surface area contributed by atoms with Gasteiger partial charge in [0.1, 0.15) is 6.61 Å². The van der Waals surface area contributed by atoms with Crippen molar-refractivity contribution in [1.29, 1.82) is 0 Å². The van der Waals surface area contributed by atoms with Crippen molar-refractivity contribution in [2.45, 2.75) is 25.0 Å². The van der Waals surface area contributed by atoms with Crippen molar-refractivity contribution in [3.8, 4) is 5.75 Å². The minimum atomic E-state index is -1.02. The first-order chi connectivity index (χ1) is 9.88. The summed E-state index contributed by atoms with van der Waals surface area (Å²) in [5.41, 5.74) is -0.262. The quantitative estimate of drug-likeness (QED) is 0.623. The van der Waals surface area contributed by atoms with Crippen LogP contribution < -0.4 is 4.74 Å². The minimum absolute atomic E-state index is 0.0326. The highest BCUT2D eigenvalue weighted by Crippen LogP contribution is 2.38. The molecule has 0 aliphatic carbocycles. The van der Waals surface area contributed by atoms with Gasteiger partial charge in [-0.15, -0.1) is 0 Å². The number of nitrogens with zero attached hydrogens (tertiary/aromatic N) is 1. The van der Waals surface area contributed by atoms with E-state index in [-0.39, 0.29) is 23.1 Å². The second-order valence-corrected chi connectivity index (χ2v) is 5.76. The molecule has 0 aromatic heterocycles. The highest BCUT2D eigenvalue weighted by atomic mass is 79.9. The lowest BCUT2D eigenvalue weighted by atomic mass is 10.2. The van der Waals surface area contributed by atoms with Gasteiger partial charge >= 0.3 is 11.7 Å². The standard InChI is InChI=1S/C12H11BrClNO6/c13-8-3-6(14)4-9(15(18)19)11(8)20-5-7-1-2-10(21-7)12(16)17/h3-4,7,10H,1-2,5H2,(H,16,17). The lowest BCUT2D eigenvalue weighted by molar-refractivity contribution is -0.386. The highest BCUT2D eigenvalue weighted by Gasteiger charge is 2.31. The maximum absolute atomic E-state index is 11.0. The third kappa shape index (κ3) is 3.84. The van der Waals surface area contributed by atoms with Gasteiger partial charge in [0.15, 0.2) is 6.10 Å². The van der Waals surface area contributed by atoms with E-state index in [1.807, 2.05) is 0 Å². The fraction of sp³-hybridized carbons (Fsp3) is 0.417. The summed E-state index contributed by atoms with van der Waals surface area (Å²) in [7, 11) is 0. The molecule has 1 aliphatic rings. The number of rotatable bonds is 5. The molecule has 2 unspecified atom stereocenters. The van der Waals surface area contributed by atoms with Gasteiger partial charge in [0.25, 0.3) is 0 Å². The molecule has 2 rings (SSSR count). The second kappa shape index (κ2) is 6.59. The van der Waals surface area contributed by atoms with Crippen LogP contribution in [0.2, 0.25) is 5.02 Å². The average Bonchev–Trinajstić information content (AvgIpc) is 2.85. The number of benzene rings is 1. The predicted octanol–water partition coefficient (Wildman–Crippen LogP) is 3.02. The van der Waals surface area contributed by atoms with Crippen LogP contribution in [0.15, 0.2) is 16.6 Å². The molecular weight excluding hydrogens is 369 g/mol. The number of aliphatic carboxylic acids is 1. The molecular formula is C12H11BrClNO6. The molecule has 1 aliphatic heterocycles. The molecule has 114 valence electrons. The molecule has 2 atom stereocenters. The topological polar surface area (TPSA) is 98.9 Å². The summed E-state index contributed by atoms with van der Waals surface area (Å²) < 4.78 is 11.1. The molecule has 0 bridgehead atoms. The zero-order chi connectivity index (χ0) is 15.6. The highest BCUT2D eigenvalue weighted by molar-refractivity contribution is 9.10. The maximum atomic E-state index is 11.0. The van der Waals surface area contributed by atoms with Crippen molar-refractivity contribution < 1.29 is 24.3 Å². The van der Waals surface area contributed by atoms with E-state index in [1.165, 1.54) is 12.1 Å². The van der Waals surface area contributed by atoms with Gasteiger partial charge in [0.2, 0.25) is 5.75 Å². The fourth-order valence-corrected chi connectivity index (χ4v) is 2.92. The maximum Gasteiger partial charge on any atom is 0.332 e. The Morgan fingerprint density at radius 1 is 1.57 bits per heavy atom. The molecule has 0 spiro atoms. The predicted molar refractivity (Wildman–Crippen MR) is 76.8 cm³/mol. The zero-order valence-electron chi connectivity index (χ0n) is 10.6. The average molecular weight is 381 g/mol. The number of nitro groups is 1. The number of hydrogen-bond acceptors (Lipinski definition) is 5. The summed E-state index contributed by atoms with van der Waals surface area (Å²) in [5.74, 6) is -0.970. The Bertz CT molecular complexity index is 581. The van der Waals surface area contributed by atoms with Crippen LogP contribution in [0.25, 0.3) is 0 Å². The van der Waals surface area contributed by atoms with Crippen molar-refractivity contribution in [2.24, 2.45) is 0 Å². The fourth-order valence-electron chi connectivity index (χ4n) is 2.01. The summed E-state index contributed by atoms with van der Waals surface area (Å²) in [6.07, 6.45) is -0.334. The normalized spacial score (nSPS) is 21.2. The Labute approximate surface area is 133 Å². The summed E-state index contributed by atoms with van der Waals surface area (Å²) in [5, 5.41) is 20.0. The minimum Gasteiger partial charge on any atom is -0.483 e. The Hall–Kier alpha value is -1.38. The molecule has 1 fully saturated rings. The number of carboxylic acid groups (broad SMARTS) is 1. The van der Waals surface area contributed by atoms with E-state index in [4.69, 9.17) is 26.2 Å². The lowest BCUT2D eigenvalue weighted by Gasteiger charge is -2.14. The molecule has 1 aromatic carbocycles. The first kappa shape index (κ1) is 16.0. The van der Waals surface area contributed by atoms with Crippen LogP contribution in [0, 0.1) is 10.1 Å². The molecule has 9 heteroatoms. The first-order valence-corrected chi connectivity index (χ1v) is 7.20. The first-order valence-electron chi connectivity index (χ1n) is 6.03. The zero-order valence-corrected chi connectivity index (χ0v) is 13.0. The van der Waals surface area contributed by atoms with Crippen LogP contribution in [-0.4, -0.2) is 34.8 Å². The molecule has 0 saturated carbocycles. The summed E-state index contributed by atoms with van der Waals surface area (Å²) in [6.45, 7) is 0.0326. The Morgan fingerprint density at radius 2 is 2.29 bits per heavy atom. The van der Waals surface area contributed by atoms with E-state index >= 15 is 0 Å². The smallest absolute Gasteiger partial charge is 0.332 e. The molecule has 1 heterocycles. The number of ether oxygens (including phenoxy) is 2. The van der Waals surface area contributed by atoms with Crippen molar-refractivity contribution >= 4 is 39.2 Å². The van der Waals surface area contributed by atoms with Crippen molar-refractivity contribution in [3.05, 3.63) is 31.7 Å². The van der Waals surface area contributed by atoms with Crippen LogP contribution in [0.5, 0.6) is 5.75 Å². The Morgan fingerprint density at radius 3 is 2.86 bits per heavy atom. The molecule has 7 nitrogen and oxygen atoms in total. The van der Waals surface area contributed by atoms with Crippen LogP contribution in [0.1, 0.15) is 12.8 Å². The van der Waals surface area contributed by atoms with Gasteiger partial charge in [-0.3, -0.25) is 10.1 Å². The number of halogens is 2. The van der Waals surface area contributed by atoms with Crippen LogP contribution in [-0.2, 0) is 9.53 Å². The van der Waals surface area contributed by atoms with E-state index in [1.54, 1.807) is 0 Å². The van der Waals surface area contributed by atoms with E-state index in [2.05, 4.69) is 15.9 Å². The lowest BCUT2D eigenvalue weighted by Crippen LogP contribution is -2.23. The van der Waals surface area contributed by atoms with Gasteiger partial charge in [-0.1, -0.05) is 11.6 Å². The summed E-state index contributed by atoms with van der Waals surface area (Å²) in [4.78, 5) is 21.2. The van der Waals surface area contributed by atoms with Crippen molar-refractivity contribution in [3.63, 3.8) is 0 Å². The third-order valence-corrected chi connectivity index (χ3v) is 3.79. The van der Waals surface area contributed by atoms with Gasteiger partial charge in [-0.25, -0.2) is 4.79 Å². The summed E-state index contributed by atoms with van der Waals surface area (Å²) >= 11 is 8.93. The van der Waals surface area contributed by atoms with Crippen molar-refractivity contribution in [2.75, 3.05) is 6.61 Å². The van der Waals surface area contributed by atoms with E-state index in [9.17, 15) is 14.9 Å². The second-order valence-electron chi connectivity index (χ2n) is 4.47. The number of carbonyl (C=O) groups is 1. The van der Waals surface area contributed by atoms with Gasteiger partial charge in [0, 0.05) is 11.1 Å². The Balaban J connectivity index is 2.07. The largest absolute Gasteiger partial charge is 0.483 e. The van der Waals surface area contributed by atoms with Crippen LogP contribution in [0.3, 0.4) is 0 Å². The third-order valence-electron chi connectivity index (χ3n) is 2.98. The molecule has 0 radical (unpaired) electrons. The van der Waals surface area contributed by atoms with Gasteiger partial charge in [-0.2, -0.15) is 0 Å². The Kier molecular flexibility index (Phi) is 5.02. The number of hydrogen-bond donors (Lipinski definition) is 1. The van der Waals surface area contributed by atoms with Crippen molar-refractivity contribution in [1.82, 2.24) is 0 Å². The van der Waals surface area contributed by atoms with E-state index < -0.39 is 23.1 Å². The SMILES string of the molecule is O=C(O)C1CCC(COc2c(Br)cc(Cl)cc2[N+](=O)[O-])O1. The van der Waals surface area contributed by atoms with Gasteiger partial charge < -0.3 is 14.6 Å². The molecule has 0 amide bonds. The van der Waals surface area contributed by atoms with E-state index in [0.717, 1.165) is 0 Å². The molecule has 1 saturated heterocycles. The summed E-state index contributed by atoms with van der Waals surface area (Å²) in [6, 6.07) is 2.68.